The van der Waals surface area contributed by atoms with Crippen LogP contribution < -0.4 is 0 Å². The van der Waals surface area contributed by atoms with Crippen molar-refractivity contribution in [2.45, 2.75) is 39.0 Å². The summed E-state index contributed by atoms with van der Waals surface area (Å²) in [6.45, 7) is 4.13. The molecule has 8 heteroatoms. The van der Waals surface area contributed by atoms with Gasteiger partial charge in [-0.1, -0.05) is 19.3 Å². The fourth-order valence-electron chi connectivity index (χ4n) is 3.88. The van der Waals surface area contributed by atoms with Crippen LogP contribution in [0.1, 0.15) is 48.4 Å². The molecule has 8 nitrogen and oxygen atoms in total. The van der Waals surface area contributed by atoms with Crippen molar-refractivity contribution >= 4 is 17.6 Å². The molecule has 2 amide bonds. The Morgan fingerprint density at radius 1 is 1.04 bits per heavy atom. The molecule has 0 spiro atoms. The average molecular weight is 356 g/mol. The van der Waals surface area contributed by atoms with Crippen LogP contribution in [0.3, 0.4) is 0 Å². The van der Waals surface area contributed by atoms with Gasteiger partial charge in [-0.15, -0.1) is 5.10 Å². The van der Waals surface area contributed by atoms with Gasteiger partial charge in [-0.25, -0.2) is 9.50 Å². The van der Waals surface area contributed by atoms with Crippen LogP contribution in [0.5, 0.6) is 0 Å². The van der Waals surface area contributed by atoms with Gasteiger partial charge in [0, 0.05) is 44.0 Å². The molecule has 0 bridgehead atoms. The molecule has 138 valence electrons. The van der Waals surface area contributed by atoms with Gasteiger partial charge in [0.25, 0.3) is 11.7 Å². The van der Waals surface area contributed by atoms with Crippen LogP contribution in [-0.4, -0.2) is 67.4 Å². The number of rotatable bonds is 2. The van der Waals surface area contributed by atoms with E-state index in [0.717, 1.165) is 31.4 Å². The molecular weight excluding hydrogens is 332 g/mol. The number of aromatic nitrogens is 4. The Balaban J connectivity index is 1.39. The van der Waals surface area contributed by atoms with Crippen molar-refractivity contribution < 1.29 is 9.59 Å². The minimum atomic E-state index is -0.195. The molecule has 2 aliphatic rings. The fraction of sp³-hybridized carbons (Fsp3) is 0.611. The molecule has 1 aliphatic heterocycles. The molecule has 1 saturated heterocycles. The third-order valence-electron chi connectivity index (χ3n) is 5.45. The average Bonchev–Trinajstić information content (AvgIpc) is 3.13. The third-order valence-corrected chi connectivity index (χ3v) is 5.45. The summed E-state index contributed by atoms with van der Waals surface area (Å²) in [5, 5.41) is 4.29. The van der Waals surface area contributed by atoms with E-state index in [0.29, 0.717) is 32.0 Å². The summed E-state index contributed by atoms with van der Waals surface area (Å²) in [5.41, 5.74) is 0.879. The van der Waals surface area contributed by atoms with Gasteiger partial charge in [0.15, 0.2) is 0 Å². The number of hydrogen-bond acceptors (Lipinski definition) is 5. The number of amides is 2. The van der Waals surface area contributed by atoms with Crippen LogP contribution in [0.2, 0.25) is 0 Å². The molecule has 0 N–H and O–H groups in total. The molecule has 0 aromatic carbocycles. The quantitative estimate of drug-likeness (QED) is 0.810. The van der Waals surface area contributed by atoms with E-state index in [4.69, 9.17) is 0 Å². The first-order chi connectivity index (χ1) is 12.6. The molecule has 0 radical (unpaired) electrons. The zero-order valence-electron chi connectivity index (χ0n) is 15.1. The van der Waals surface area contributed by atoms with E-state index in [9.17, 15) is 9.59 Å². The maximum Gasteiger partial charge on any atom is 0.293 e. The second-order valence-electron chi connectivity index (χ2n) is 7.19. The third kappa shape index (κ3) is 3.15. The number of nitrogens with zero attached hydrogens (tertiary/aromatic N) is 6. The molecule has 0 atom stereocenters. The molecular formula is C18H24N6O2. The van der Waals surface area contributed by atoms with Gasteiger partial charge in [-0.05, 0) is 25.8 Å². The van der Waals surface area contributed by atoms with Crippen molar-refractivity contribution in [3.63, 3.8) is 0 Å². The van der Waals surface area contributed by atoms with E-state index in [-0.39, 0.29) is 23.6 Å². The molecule has 2 aromatic rings. The largest absolute Gasteiger partial charge is 0.339 e. The SMILES string of the molecule is Cc1ccnc2nc(C(=O)N3CCN(C(=O)C4CCCCC4)CC3)nn12. The van der Waals surface area contributed by atoms with Gasteiger partial charge in [-0.2, -0.15) is 4.98 Å². The minimum absolute atomic E-state index is 0.166. The van der Waals surface area contributed by atoms with Crippen molar-refractivity contribution in [2.24, 2.45) is 5.92 Å². The summed E-state index contributed by atoms with van der Waals surface area (Å²) in [7, 11) is 0. The van der Waals surface area contributed by atoms with Crippen molar-refractivity contribution in [2.75, 3.05) is 26.2 Å². The van der Waals surface area contributed by atoms with Crippen molar-refractivity contribution in [1.82, 2.24) is 29.4 Å². The molecule has 4 rings (SSSR count). The number of piperazine rings is 1. The standard InChI is InChI=1S/C18H24N6O2/c1-13-7-8-19-18-20-15(21-24(13)18)17(26)23-11-9-22(10-12-23)16(25)14-5-3-2-4-6-14/h7-8,14H,2-6,9-12H2,1H3. The molecule has 0 unspecified atom stereocenters. The summed E-state index contributed by atoms with van der Waals surface area (Å²) >= 11 is 0. The van der Waals surface area contributed by atoms with Gasteiger partial charge in [0.1, 0.15) is 0 Å². The highest BCUT2D eigenvalue weighted by atomic mass is 16.2. The normalized spacial score (nSPS) is 19.1. The Labute approximate surface area is 152 Å². The second-order valence-corrected chi connectivity index (χ2v) is 7.19. The molecule has 3 heterocycles. The first-order valence-corrected chi connectivity index (χ1v) is 9.40. The Morgan fingerprint density at radius 2 is 1.73 bits per heavy atom. The second kappa shape index (κ2) is 7.01. The van der Waals surface area contributed by atoms with E-state index in [1.165, 1.54) is 6.42 Å². The summed E-state index contributed by atoms with van der Waals surface area (Å²) in [5.74, 6) is 0.848. The Hall–Kier alpha value is -2.51. The lowest BCUT2D eigenvalue weighted by molar-refractivity contribution is -0.138. The molecule has 26 heavy (non-hydrogen) atoms. The van der Waals surface area contributed by atoms with Crippen LogP contribution >= 0.6 is 0 Å². The van der Waals surface area contributed by atoms with E-state index < -0.39 is 0 Å². The maximum atomic E-state index is 12.7. The summed E-state index contributed by atoms with van der Waals surface area (Å²) in [4.78, 5) is 37.4. The van der Waals surface area contributed by atoms with Gasteiger partial charge >= 0.3 is 0 Å². The number of fused-ring (bicyclic) bond motifs is 1. The Bertz CT molecular complexity index is 818. The fourth-order valence-corrected chi connectivity index (χ4v) is 3.88. The highest BCUT2D eigenvalue weighted by Crippen LogP contribution is 2.25. The molecule has 2 aromatic heterocycles. The van der Waals surface area contributed by atoms with Gasteiger partial charge in [0.2, 0.25) is 11.7 Å². The lowest BCUT2D eigenvalue weighted by Gasteiger charge is -2.36. The number of aryl methyl sites for hydroxylation is 1. The topological polar surface area (TPSA) is 83.7 Å². The zero-order chi connectivity index (χ0) is 18.1. The smallest absolute Gasteiger partial charge is 0.293 e. The number of carbonyl (C=O) groups excluding carboxylic acids is 2. The van der Waals surface area contributed by atoms with Crippen molar-refractivity contribution in [3.8, 4) is 0 Å². The zero-order valence-corrected chi connectivity index (χ0v) is 15.1. The van der Waals surface area contributed by atoms with E-state index in [1.807, 2.05) is 17.9 Å². The summed E-state index contributed by atoms with van der Waals surface area (Å²) < 4.78 is 1.58. The highest BCUT2D eigenvalue weighted by Gasteiger charge is 2.31. The first kappa shape index (κ1) is 16.9. The number of hydrogen-bond donors (Lipinski definition) is 0. The Morgan fingerprint density at radius 3 is 2.42 bits per heavy atom. The van der Waals surface area contributed by atoms with Crippen LogP contribution in [0.15, 0.2) is 12.3 Å². The van der Waals surface area contributed by atoms with Crippen LogP contribution in [-0.2, 0) is 4.79 Å². The molecule has 1 aliphatic carbocycles. The molecule has 1 saturated carbocycles. The number of carbonyl (C=O) groups is 2. The predicted molar refractivity (Wildman–Crippen MR) is 94.6 cm³/mol. The van der Waals surface area contributed by atoms with E-state index in [2.05, 4.69) is 15.1 Å². The monoisotopic (exact) mass is 356 g/mol. The lowest BCUT2D eigenvalue weighted by atomic mass is 9.88. The van der Waals surface area contributed by atoms with Crippen LogP contribution in [0, 0.1) is 12.8 Å². The summed E-state index contributed by atoms with van der Waals surface area (Å²) in [6.07, 6.45) is 7.23. The minimum Gasteiger partial charge on any atom is -0.339 e. The maximum absolute atomic E-state index is 12.7. The van der Waals surface area contributed by atoms with Gasteiger partial charge in [-0.3, -0.25) is 9.59 Å². The Kier molecular flexibility index (Phi) is 4.57. The van der Waals surface area contributed by atoms with Crippen LogP contribution in [0.4, 0.5) is 0 Å². The summed E-state index contributed by atoms with van der Waals surface area (Å²) in [6, 6.07) is 1.82. The van der Waals surface area contributed by atoms with Gasteiger partial charge < -0.3 is 9.80 Å². The predicted octanol–water partition coefficient (Wildman–Crippen LogP) is 1.30. The van der Waals surface area contributed by atoms with Crippen molar-refractivity contribution in [1.29, 1.82) is 0 Å². The van der Waals surface area contributed by atoms with E-state index >= 15 is 0 Å². The lowest BCUT2D eigenvalue weighted by Crippen LogP contribution is -2.52. The first-order valence-electron chi connectivity index (χ1n) is 9.40. The highest BCUT2D eigenvalue weighted by molar-refractivity contribution is 5.91. The van der Waals surface area contributed by atoms with E-state index in [1.54, 1.807) is 15.6 Å². The molecule has 2 fully saturated rings. The van der Waals surface area contributed by atoms with Crippen LogP contribution in [0.25, 0.3) is 5.78 Å². The van der Waals surface area contributed by atoms with Crippen molar-refractivity contribution in [3.05, 3.63) is 23.8 Å². The van der Waals surface area contributed by atoms with Gasteiger partial charge in [0.05, 0.1) is 0 Å².